The highest BCUT2D eigenvalue weighted by Gasteiger charge is 2.21. The number of thiophene rings is 1. The molecule has 0 aliphatic heterocycles. The van der Waals surface area contributed by atoms with E-state index in [9.17, 15) is 14.0 Å². The number of carbonyl (C=O) groups is 2. The van der Waals surface area contributed by atoms with Crippen LogP contribution in [0.5, 0.6) is 0 Å². The van der Waals surface area contributed by atoms with Crippen molar-refractivity contribution >= 4 is 23.2 Å². The monoisotopic (exact) mass is 294 g/mol. The molecule has 7 heteroatoms. The Morgan fingerprint density at radius 1 is 1.45 bits per heavy atom. The van der Waals surface area contributed by atoms with Crippen LogP contribution >= 0.6 is 11.3 Å². The molecule has 2 aromatic heterocycles. The second-order valence-corrected chi connectivity index (χ2v) is 4.97. The van der Waals surface area contributed by atoms with Gasteiger partial charge in [-0.25, -0.2) is 4.39 Å². The number of nitrogens with one attached hydrogen (secondary N) is 1. The van der Waals surface area contributed by atoms with Crippen LogP contribution in [-0.4, -0.2) is 22.0 Å². The lowest BCUT2D eigenvalue weighted by atomic mass is 10.1. The van der Waals surface area contributed by atoms with E-state index in [-0.39, 0.29) is 12.0 Å². The summed E-state index contributed by atoms with van der Waals surface area (Å²) in [6, 6.07) is 4.04. The number of aromatic nitrogens is 1. The lowest BCUT2D eigenvalue weighted by Gasteiger charge is -2.15. The first-order valence-corrected chi connectivity index (χ1v) is 6.61. The van der Waals surface area contributed by atoms with E-state index in [1.807, 2.05) is 0 Å². The van der Waals surface area contributed by atoms with Crippen molar-refractivity contribution in [3.63, 3.8) is 0 Å². The van der Waals surface area contributed by atoms with E-state index in [1.54, 1.807) is 17.5 Å². The highest BCUT2D eigenvalue weighted by molar-refractivity contribution is 7.10. The minimum absolute atomic E-state index is 0.160. The van der Waals surface area contributed by atoms with Crippen molar-refractivity contribution in [2.75, 3.05) is 0 Å². The molecule has 2 aromatic rings. The number of pyridine rings is 1. The van der Waals surface area contributed by atoms with Gasteiger partial charge >= 0.3 is 5.97 Å². The number of rotatable bonds is 5. The Morgan fingerprint density at radius 2 is 2.25 bits per heavy atom. The summed E-state index contributed by atoms with van der Waals surface area (Å²) in [5.74, 6) is -2.45. The zero-order valence-electron chi connectivity index (χ0n) is 10.2. The van der Waals surface area contributed by atoms with Crippen LogP contribution in [0.1, 0.15) is 27.7 Å². The van der Waals surface area contributed by atoms with Crippen molar-refractivity contribution in [2.24, 2.45) is 0 Å². The Balaban J connectivity index is 2.18. The van der Waals surface area contributed by atoms with Gasteiger partial charge in [0.25, 0.3) is 5.91 Å². The van der Waals surface area contributed by atoms with Crippen molar-refractivity contribution in [3.05, 3.63) is 52.2 Å². The Labute approximate surface area is 118 Å². The molecular formula is C13H11FN2O3S. The SMILES string of the molecule is O=C(O)CC(NC(=O)c1ccncc1F)c1cccs1. The van der Waals surface area contributed by atoms with Crippen molar-refractivity contribution in [1.29, 1.82) is 0 Å². The summed E-state index contributed by atoms with van der Waals surface area (Å²) in [5.41, 5.74) is -0.160. The third-order valence-electron chi connectivity index (χ3n) is 2.59. The molecule has 0 saturated heterocycles. The second kappa shape index (κ2) is 6.25. The number of carboxylic acid groups (broad SMARTS) is 1. The maximum Gasteiger partial charge on any atom is 0.305 e. The molecule has 2 N–H and O–H groups in total. The summed E-state index contributed by atoms with van der Waals surface area (Å²) in [4.78, 5) is 27.1. The molecule has 2 heterocycles. The van der Waals surface area contributed by atoms with E-state index < -0.39 is 23.7 Å². The number of hydrogen-bond acceptors (Lipinski definition) is 4. The Hall–Kier alpha value is -2.28. The number of amides is 1. The quantitative estimate of drug-likeness (QED) is 0.886. The standard InChI is InChI=1S/C13H11FN2O3S/c14-9-7-15-4-3-8(9)13(19)16-10(6-12(17)18)11-2-1-5-20-11/h1-5,7,10H,6H2,(H,16,19)(H,17,18). The van der Waals surface area contributed by atoms with E-state index >= 15 is 0 Å². The molecule has 0 aliphatic rings. The molecule has 2 rings (SSSR count). The van der Waals surface area contributed by atoms with E-state index in [1.165, 1.54) is 23.6 Å². The van der Waals surface area contributed by atoms with Gasteiger partial charge in [-0.3, -0.25) is 14.6 Å². The average molecular weight is 294 g/mol. The summed E-state index contributed by atoms with van der Waals surface area (Å²) in [6.45, 7) is 0. The third-order valence-corrected chi connectivity index (χ3v) is 3.57. The van der Waals surface area contributed by atoms with Crippen LogP contribution in [0.3, 0.4) is 0 Å². The molecule has 20 heavy (non-hydrogen) atoms. The van der Waals surface area contributed by atoms with Gasteiger partial charge < -0.3 is 10.4 Å². The molecule has 0 fully saturated rings. The Bertz CT molecular complexity index is 616. The van der Waals surface area contributed by atoms with Gasteiger partial charge in [-0.2, -0.15) is 0 Å². The zero-order valence-corrected chi connectivity index (χ0v) is 11.1. The lowest BCUT2D eigenvalue weighted by molar-refractivity contribution is -0.137. The van der Waals surface area contributed by atoms with Gasteiger partial charge in [-0.15, -0.1) is 11.3 Å². The molecule has 5 nitrogen and oxygen atoms in total. The smallest absolute Gasteiger partial charge is 0.305 e. The van der Waals surface area contributed by atoms with Gasteiger partial charge in [0, 0.05) is 11.1 Å². The fourth-order valence-electron chi connectivity index (χ4n) is 1.68. The van der Waals surface area contributed by atoms with E-state index in [4.69, 9.17) is 5.11 Å². The molecule has 0 aromatic carbocycles. The predicted molar refractivity (Wildman–Crippen MR) is 71.0 cm³/mol. The van der Waals surface area contributed by atoms with Crippen LogP contribution in [0.15, 0.2) is 36.0 Å². The van der Waals surface area contributed by atoms with Crippen LogP contribution in [-0.2, 0) is 4.79 Å². The van der Waals surface area contributed by atoms with Crippen LogP contribution in [0.4, 0.5) is 4.39 Å². The topological polar surface area (TPSA) is 79.3 Å². The van der Waals surface area contributed by atoms with Crippen molar-refractivity contribution in [1.82, 2.24) is 10.3 Å². The van der Waals surface area contributed by atoms with Gasteiger partial charge in [0.05, 0.1) is 24.2 Å². The fraction of sp³-hybridized carbons (Fsp3) is 0.154. The minimum Gasteiger partial charge on any atom is -0.481 e. The molecule has 0 saturated carbocycles. The number of hydrogen-bond donors (Lipinski definition) is 2. The number of nitrogens with zero attached hydrogens (tertiary/aromatic N) is 1. The summed E-state index contributed by atoms with van der Waals surface area (Å²) in [6.07, 6.45) is 1.97. The highest BCUT2D eigenvalue weighted by atomic mass is 32.1. The highest BCUT2D eigenvalue weighted by Crippen LogP contribution is 2.22. The summed E-state index contributed by atoms with van der Waals surface area (Å²) >= 11 is 1.33. The second-order valence-electron chi connectivity index (χ2n) is 3.99. The fourth-order valence-corrected chi connectivity index (χ4v) is 2.46. The van der Waals surface area contributed by atoms with E-state index in [2.05, 4.69) is 10.3 Å². The van der Waals surface area contributed by atoms with Crippen LogP contribution in [0.25, 0.3) is 0 Å². The van der Waals surface area contributed by atoms with Crippen LogP contribution in [0.2, 0.25) is 0 Å². The number of carboxylic acids is 1. The molecule has 0 spiro atoms. The summed E-state index contributed by atoms with van der Waals surface area (Å²) in [7, 11) is 0. The molecule has 104 valence electrons. The van der Waals surface area contributed by atoms with Gasteiger partial charge in [0.1, 0.15) is 0 Å². The van der Waals surface area contributed by atoms with E-state index in [0.717, 1.165) is 6.20 Å². The van der Waals surface area contributed by atoms with E-state index in [0.29, 0.717) is 4.88 Å². The zero-order chi connectivity index (χ0) is 14.5. The maximum absolute atomic E-state index is 13.5. The lowest BCUT2D eigenvalue weighted by Crippen LogP contribution is -2.30. The first-order chi connectivity index (χ1) is 9.58. The van der Waals surface area contributed by atoms with Crippen LogP contribution < -0.4 is 5.32 Å². The minimum atomic E-state index is -1.04. The normalized spacial score (nSPS) is 11.8. The molecule has 0 radical (unpaired) electrons. The van der Waals surface area contributed by atoms with Crippen LogP contribution in [0, 0.1) is 5.82 Å². The molecule has 1 atom stereocenters. The summed E-state index contributed by atoms with van der Waals surface area (Å²) in [5, 5.41) is 13.2. The molecule has 1 unspecified atom stereocenters. The van der Waals surface area contributed by atoms with Gasteiger partial charge in [0.15, 0.2) is 5.82 Å². The first kappa shape index (κ1) is 14.1. The Kier molecular flexibility index (Phi) is 4.41. The molecule has 1 amide bonds. The molecular weight excluding hydrogens is 283 g/mol. The average Bonchev–Trinajstić information content (AvgIpc) is 2.91. The number of halogens is 1. The van der Waals surface area contributed by atoms with Crippen molar-refractivity contribution < 1.29 is 19.1 Å². The van der Waals surface area contributed by atoms with Gasteiger partial charge in [-0.1, -0.05) is 6.07 Å². The third kappa shape index (κ3) is 3.39. The Morgan fingerprint density at radius 3 is 2.85 bits per heavy atom. The van der Waals surface area contributed by atoms with Crippen molar-refractivity contribution in [2.45, 2.75) is 12.5 Å². The molecule has 0 aliphatic carbocycles. The first-order valence-electron chi connectivity index (χ1n) is 5.73. The maximum atomic E-state index is 13.5. The largest absolute Gasteiger partial charge is 0.481 e. The van der Waals surface area contributed by atoms with Crippen molar-refractivity contribution in [3.8, 4) is 0 Å². The predicted octanol–water partition coefficient (Wildman–Crippen LogP) is 2.23. The molecule has 0 bridgehead atoms. The van der Waals surface area contributed by atoms with Gasteiger partial charge in [0.2, 0.25) is 0 Å². The summed E-state index contributed by atoms with van der Waals surface area (Å²) < 4.78 is 13.5. The van der Waals surface area contributed by atoms with Gasteiger partial charge in [-0.05, 0) is 17.5 Å². The number of carbonyl (C=O) groups excluding carboxylic acids is 1. The number of aliphatic carboxylic acids is 1.